The highest BCUT2D eigenvalue weighted by Gasteiger charge is 2.38. The van der Waals surface area contributed by atoms with Gasteiger partial charge in [-0.15, -0.1) is 0 Å². The molecule has 0 radical (unpaired) electrons. The molecule has 1 aliphatic heterocycles. The van der Waals surface area contributed by atoms with Gasteiger partial charge in [0.1, 0.15) is 11.6 Å². The zero-order valence-corrected chi connectivity index (χ0v) is 14.5. The first-order chi connectivity index (χ1) is 11.5. The zero-order valence-electron chi connectivity index (χ0n) is 14.5. The molecule has 1 fully saturated rings. The van der Waals surface area contributed by atoms with Gasteiger partial charge >= 0.3 is 0 Å². The summed E-state index contributed by atoms with van der Waals surface area (Å²) in [6.07, 6.45) is 2.34. The Balaban J connectivity index is 1.88. The molecule has 128 valence electrons. The van der Waals surface area contributed by atoms with E-state index in [1.807, 2.05) is 18.7 Å². The quantitative estimate of drug-likeness (QED) is 0.897. The van der Waals surface area contributed by atoms with Gasteiger partial charge in [0.05, 0.1) is 23.4 Å². The van der Waals surface area contributed by atoms with E-state index in [0.29, 0.717) is 12.1 Å². The fourth-order valence-corrected chi connectivity index (χ4v) is 3.02. The second-order valence-electron chi connectivity index (χ2n) is 6.08. The monoisotopic (exact) mass is 329 g/mol. The lowest BCUT2D eigenvalue weighted by Gasteiger charge is -2.23. The first-order valence-electron chi connectivity index (χ1n) is 8.04. The fraction of sp³-hybridized carbons (Fsp3) is 0.471. The summed E-state index contributed by atoms with van der Waals surface area (Å²) < 4.78 is 5.49. The molecule has 2 atom stereocenters. The van der Waals surface area contributed by atoms with Gasteiger partial charge in [-0.05, 0) is 26.0 Å². The van der Waals surface area contributed by atoms with E-state index < -0.39 is 0 Å². The van der Waals surface area contributed by atoms with Crippen LogP contribution in [0, 0.1) is 13.8 Å². The van der Waals surface area contributed by atoms with Gasteiger partial charge in [0.2, 0.25) is 0 Å². The average molecular weight is 329 g/mol. The Morgan fingerprint density at radius 1 is 1.42 bits per heavy atom. The predicted molar refractivity (Wildman–Crippen MR) is 91.0 cm³/mol. The van der Waals surface area contributed by atoms with Crippen molar-refractivity contribution >= 4 is 11.7 Å². The largest absolute Gasteiger partial charge is 0.380 e. The SMILES string of the molecule is CNc1ccc(C(=O)N2C[C@H](OC)C[C@H]2c2nc(C)c(C)[nH]2)cn1. The molecule has 0 aliphatic carbocycles. The van der Waals surface area contributed by atoms with Crippen LogP contribution in [0.3, 0.4) is 0 Å². The molecule has 3 rings (SSSR count). The van der Waals surface area contributed by atoms with Crippen LogP contribution in [-0.2, 0) is 4.74 Å². The summed E-state index contributed by atoms with van der Waals surface area (Å²) in [5.41, 5.74) is 2.55. The molecule has 0 bridgehead atoms. The van der Waals surface area contributed by atoms with E-state index in [4.69, 9.17) is 4.74 Å². The fourth-order valence-electron chi connectivity index (χ4n) is 3.02. The molecule has 7 heteroatoms. The van der Waals surface area contributed by atoms with Crippen molar-refractivity contribution in [3.63, 3.8) is 0 Å². The van der Waals surface area contributed by atoms with Gasteiger partial charge in [-0.2, -0.15) is 0 Å². The first kappa shape index (κ1) is 16.4. The number of ether oxygens (including phenoxy) is 1. The van der Waals surface area contributed by atoms with E-state index in [2.05, 4.69) is 20.3 Å². The Morgan fingerprint density at radius 2 is 2.21 bits per heavy atom. The topological polar surface area (TPSA) is 83.1 Å². The van der Waals surface area contributed by atoms with Crippen molar-refractivity contribution in [2.24, 2.45) is 0 Å². The van der Waals surface area contributed by atoms with Crippen LogP contribution >= 0.6 is 0 Å². The van der Waals surface area contributed by atoms with Crippen LogP contribution in [0.2, 0.25) is 0 Å². The number of carbonyl (C=O) groups excluding carboxylic acids is 1. The first-order valence-corrected chi connectivity index (χ1v) is 8.04. The maximum Gasteiger partial charge on any atom is 0.256 e. The molecule has 2 aromatic rings. The molecule has 1 saturated heterocycles. The van der Waals surface area contributed by atoms with E-state index in [9.17, 15) is 4.79 Å². The van der Waals surface area contributed by atoms with Gasteiger partial charge in [0.15, 0.2) is 0 Å². The molecule has 7 nitrogen and oxygen atoms in total. The van der Waals surface area contributed by atoms with Crippen molar-refractivity contribution in [3.8, 4) is 0 Å². The minimum Gasteiger partial charge on any atom is -0.380 e. The Bertz CT molecular complexity index is 706. The number of aromatic amines is 1. The Labute approximate surface area is 141 Å². The van der Waals surface area contributed by atoms with Gasteiger partial charge < -0.3 is 19.9 Å². The van der Waals surface area contributed by atoms with Crippen LogP contribution in [-0.4, -0.2) is 52.6 Å². The number of aryl methyl sites for hydroxylation is 2. The second-order valence-corrected chi connectivity index (χ2v) is 6.08. The number of likely N-dealkylation sites (tertiary alicyclic amines) is 1. The summed E-state index contributed by atoms with van der Waals surface area (Å²) in [4.78, 5) is 26.9. The van der Waals surface area contributed by atoms with Gasteiger partial charge in [-0.25, -0.2) is 9.97 Å². The number of hydrogen-bond acceptors (Lipinski definition) is 5. The number of carbonyl (C=O) groups is 1. The molecular weight excluding hydrogens is 306 g/mol. The van der Waals surface area contributed by atoms with E-state index in [1.165, 1.54) is 0 Å². The van der Waals surface area contributed by atoms with Crippen LogP contribution in [0.4, 0.5) is 5.82 Å². The summed E-state index contributed by atoms with van der Waals surface area (Å²) in [6.45, 7) is 4.50. The molecule has 0 saturated carbocycles. The van der Waals surface area contributed by atoms with E-state index in [0.717, 1.165) is 29.5 Å². The summed E-state index contributed by atoms with van der Waals surface area (Å²) in [6, 6.07) is 3.48. The number of pyridine rings is 1. The molecule has 0 spiro atoms. The Morgan fingerprint density at radius 3 is 2.75 bits per heavy atom. The highest BCUT2D eigenvalue weighted by atomic mass is 16.5. The highest BCUT2D eigenvalue weighted by Crippen LogP contribution is 2.33. The molecule has 0 unspecified atom stereocenters. The van der Waals surface area contributed by atoms with Crippen LogP contribution in [0.15, 0.2) is 18.3 Å². The number of nitrogens with one attached hydrogen (secondary N) is 2. The van der Waals surface area contributed by atoms with Crippen molar-refractivity contribution in [2.75, 3.05) is 26.0 Å². The van der Waals surface area contributed by atoms with Gasteiger partial charge in [-0.3, -0.25) is 4.79 Å². The number of methoxy groups -OCH3 is 1. The molecule has 1 aliphatic rings. The van der Waals surface area contributed by atoms with E-state index in [1.54, 1.807) is 32.5 Å². The van der Waals surface area contributed by atoms with Crippen LogP contribution in [0.1, 0.15) is 40.0 Å². The maximum atomic E-state index is 13.0. The number of H-pyrrole nitrogens is 1. The van der Waals surface area contributed by atoms with Gasteiger partial charge in [0.25, 0.3) is 5.91 Å². The van der Waals surface area contributed by atoms with Gasteiger partial charge in [0, 0.05) is 39.0 Å². The molecular formula is C17H23N5O2. The lowest BCUT2D eigenvalue weighted by Crippen LogP contribution is -2.32. The normalized spacial score (nSPS) is 20.4. The molecule has 24 heavy (non-hydrogen) atoms. The number of aromatic nitrogens is 3. The minimum absolute atomic E-state index is 0.00852. The third-order valence-corrected chi connectivity index (χ3v) is 4.59. The molecule has 2 aromatic heterocycles. The number of anilines is 1. The predicted octanol–water partition coefficient (Wildman–Crippen LogP) is 2.07. The van der Waals surface area contributed by atoms with E-state index in [-0.39, 0.29) is 18.1 Å². The Kier molecular flexibility index (Phi) is 4.53. The number of hydrogen-bond donors (Lipinski definition) is 2. The smallest absolute Gasteiger partial charge is 0.256 e. The third kappa shape index (κ3) is 2.99. The van der Waals surface area contributed by atoms with Crippen LogP contribution in [0.5, 0.6) is 0 Å². The Hall–Kier alpha value is -2.41. The zero-order chi connectivity index (χ0) is 17.3. The van der Waals surface area contributed by atoms with Crippen molar-refractivity contribution in [2.45, 2.75) is 32.4 Å². The standard InChI is InChI=1S/C17H23N5O2/c1-10-11(2)21-16(20-10)14-7-13(24-4)9-22(14)17(23)12-5-6-15(18-3)19-8-12/h5-6,8,13-14H,7,9H2,1-4H3,(H,18,19)(H,20,21)/t13-,14+/m1/s1. The number of amides is 1. The van der Waals surface area contributed by atoms with Crippen LogP contribution < -0.4 is 5.32 Å². The minimum atomic E-state index is -0.112. The van der Waals surface area contributed by atoms with Crippen LogP contribution in [0.25, 0.3) is 0 Å². The molecule has 0 aromatic carbocycles. The number of rotatable bonds is 4. The maximum absolute atomic E-state index is 13.0. The van der Waals surface area contributed by atoms with Crippen molar-refractivity contribution < 1.29 is 9.53 Å². The molecule has 2 N–H and O–H groups in total. The summed E-state index contributed by atoms with van der Waals surface area (Å²) in [5.74, 6) is 1.50. The lowest BCUT2D eigenvalue weighted by atomic mass is 10.1. The van der Waals surface area contributed by atoms with Crippen molar-refractivity contribution in [1.29, 1.82) is 0 Å². The third-order valence-electron chi connectivity index (χ3n) is 4.59. The summed E-state index contributed by atoms with van der Waals surface area (Å²) >= 11 is 0. The molecule has 1 amide bonds. The van der Waals surface area contributed by atoms with E-state index >= 15 is 0 Å². The highest BCUT2D eigenvalue weighted by molar-refractivity contribution is 5.94. The number of imidazole rings is 1. The number of nitrogens with zero attached hydrogens (tertiary/aromatic N) is 3. The van der Waals surface area contributed by atoms with Gasteiger partial charge in [-0.1, -0.05) is 0 Å². The second kappa shape index (κ2) is 6.60. The van der Waals surface area contributed by atoms with Crippen molar-refractivity contribution in [3.05, 3.63) is 41.1 Å². The lowest BCUT2D eigenvalue weighted by molar-refractivity contribution is 0.0684. The van der Waals surface area contributed by atoms with Crippen molar-refractivity contribution in [1.82, 2.24) is 19.9 Å². The summed E-state index contributed by atoms with van der Waals surface area (Å²) in [5, 5.41) is 2.95. The average Bonchev–Trinajstić information content (AvgIpc) is 3.18. The summed E-state index contributed by atoms with van der Waals surface area (Å²) in [7, 11) is 3.47. The molecule has 3 heterocycles.